The Hall–Kier alpha value is -2.84. The summed E-state index contributed by atoms with van der Waals surface area (Å²) >= 11 is 0. The summed E-state index contributed by atoms with van der Waals surface area (Å²) in [5.74, 6) is -2.43. The van der Waals surface area contributed by atoms with E-state index in [1.807, 2.05) is 0 Å². The van der Waals surface area contributed by atoms with Gasteiger partial charge in [0.05, 0.1) is 22.3 Å². The van der Waals surface area contributed by atoms with Crippen LogP contribution in [0.15, 0.2) is 23.0 Å². The maximum atomic E-state index is 14.4. The number of halogens is 4. The molecule has 0 spiro atoms. The maximum Gasteiger partial charge on any atom is 0.419 e. The van der Waals surface area contributed by atoms with Crippen molar-refractivity contribution in [2.45, 2.75) is 26.6 Å². The van der Waals surface area contributed by atoms with E-state index in [4.69, 9.17) is 0 Å². The molecule has 0 saturated heterocycles. The van der Waals surface area contributed by atoms with E-state index in [2.05, 4.69) is 10.1 Å². The lowest BCUT2D eigenvalue weighted by molar-refractivity contribution is -0.139. The first-order valence-electron chi connectivity index (χ1n) is 7.35. The molecule has 0 radical (unpaired) electrons. The highest BCUT2D eigenvalue weighted by molar-refractivity contribution is 5.84. The molecular formula is C16H13F4N3O2. The van der Waals surface area contributed by atoms with Crippen molar-refractivity contribution < 1.29 is 22.7 Å². The van der Waals surface area contributed by atoms with Gasteiger partial charge in [-0.05, 0) is 26.0 Å². The summed E-state index contributed by atoms with van der Waals surface area (Å²) < 4.78 is 54.5. The Morgan fingerprint density at radius 3 is 2.60 bits per heavy atom. The highest BCUT2D eigenvalue weighted by Crippen LogP contribution is 2.37. The second-order valence-electron chi connectivity index (χ2n) is 5.47. The molecule has 0 saturated carbocycles. The fourth-order valence-corrected chi connectivity index (χ4v) is 2.76. The monoisotopic (exact) mass is 355 g/mol. The molecule has 0 aliphatic heterocycles. The zero-order chi connectivity index (χ0) is 18.5. The fourth-order valence-electron chi connectivity index (χ4n) is 2.76. The normalized spacial score (nSPS) is 12.1. The van der Waals surface area contributed by atoms with Crippen LogP contribution < -0.4 is 5.43 Å². The van der Waals surface area contributed by atoms with Crippen molar-refractivity contribution in [2.75, 3.05) is 0 Å². The van der Waals surface area contributed by atoms with Gasteiger partial charge in [-0.2, -0.15) is 18.3 Å². The number of nitrogens with zero attached hydrogens (tertiary/aromatic N) is 2. The summed E-state index contributed by atoms with van der Waals surface area (Å²) in [6, 6.07) is 2.65. The number of aromatic hydroxyl groups is 1. The molecule has 9 heteroatoms. The van der Waals surface area contributed by atoms with Crippen molar-refractivity contribution >= 4 is 11.0 Å². The van der Waals surface area contributed by atoms with E-state index in [0.717, 1.165) is 12.1 Å². The van der Waals surface area contributed by atoms with Crippen LogP contribution in [0.5, 0.6) is 5.75 Å². The van der Waals surface area contributed by atoms with Crippen LogP contribution in [0.2, 0.25) is 0 Å². The summed E-state index contributed by atoms with van der Waals surface area (Å²) in [7, 11) is 0. The number of aromatic nitrogens is 3. The van der Waals surface area contributed by atoms with Crippen LogP contribution in [-0.4, -0.2) is 19.9 Å². The number of H-pyrrole nitrogens is 1. The maximum absolute atomic E-state index is 14.4. The predicted octanol–water partition coefficient (Wildman–Crippen LogP) is 3.58. The molecule has 3 rings (SSSR count). The topological polar surface area (TPSA) is 70.9 Å². The molecule has 0 fully saturated rings. The largest absolute Gasteiger partial charge is 0.503 e. The third kappa shape index (κ3) is 2.55. The third-order valence-electron chi connectivity index (χ3n) is 3.92. The average Bonchev–Trinajstić information content (AvgIpc) is 2.86. The Morgan fingerprint density at radius 1 is 1.32 bits per heavy atom. The van der Waals surface area contributed by atoms with Crippen molar-refractivity contribution in [3.8, 4) is 17.0 Å². The van der Waals surface area contributed by atoms with Crippen LogP contribution in [-0.2, 0) is 12.7 Å². The van der Waals surface area contributed by atoms with Crippen LogP contribution >= 0.6 is 0 Å². The van der Waals surface area contributed by atoms with Crippen molar-refractivity contribution in [3.63, 3.8) is 0 Å². The van der Waals surface area contributed by atoms with Crippen LogP contribution in [0, 0.1) is 12.7 Å². The van der Waals surface area contributed by atoms with Crippen LogP contribution in [0.4, 0.5) is 17.6 Å². The molecular weight excluding hydrogens is 342 g/mol. The number of aromatic amines is 1. The first kappa shape index (κ1) is 17.0. The molecule has 132 valence electrons. The summed E-state index contributed by atoms with van der Waals surface area (Å²) in [5.41, 5.74) is -2.72. The minimum Gasteiger partial charge on any atom is -0.503 e. The Bertz CT molecular complexity index is 1030. The number of benzene rings is 1. The standard InChI is InChI=1S/C16H13F4N3O2/c1-3-23-15-10(7(2)22-23)13(24)14(25)12(21-15)8-5-4-6-9(11(8)17)16(18,19)20/h4-6,25H,3H2,1-2H3,(H,21,24). The van der Waals surface area contributed by atoms with Gasteiger partial charge in [-0.3, -0.25) is 4.79 Å². The number of aryl methyl sites for hydroxylation is 2. The summed E-state index contributed by atoms with van der Waals surface area (Å²) in [6.07, 6.45) is -4.90. The molecule has 3 aromatic rings. The average molecular weight is 355 g/mol. The Balaban J connectivity index is 2.38. The minimum atomic E-state index is -4.90. The number of alkyl halides is 3. The number of fused-ring (bicyclic) bond motifs is 1. The van der Waals surface area contributed by atoms with Gasteiger partial charge in [0, 0.05) is 12.1 Å². The molecule has 0 unspecified atom stereocenters. The van der Waals surface area contributed by atoms with Crippen LogP contribution in [0.25, 0.3) is 22.3 Å². The lowest BCUT2D eigenvalue weighted by Crippen LogP contribution is -2.11. The molecule has 5 nitrogen and oxygen atoms in total. The summed E-state index contributed by atoms with van der Waals surface area (Å²) in [5, 5.41) is 14.4. The van der Waals surface area contributed by atoms with Crippen molar-refractivity contribution in [3.05, 3.63) is 45.5 Å². The molecule has 1 aromatic carbocycles. The first-order chi connectivity index (χ1) is 11.7. The van der Waals surface area contributed by atoms with Crippen LogP contribution in [0.1, 0.15) is 18.2 Å². The molecule has 0 aliphatic rings. The lowest BCUT2D eigenvalue weighted by atomic mass is 10.0. The van der Waals surface area contributed by atoms with Gasteiger partial charge in [-0.25, -0.2) is 9.07 Å². The Morgan fingerprint density at radius 2 is 2.00 bits per heavy atom. The quantitative estimate of drug-likeness (QED) is 0.690. The van der Waals surface area contributed by atoms with E-state index in [-0.39, 0.29) is 11.0 Å². The number of pyridine rings is 1. The van der Waals surface area contributed by atoms with E-state index < -0.39 is 40.0 Å². The van der Waals surface area contributed by atoms with E-state index in [0.29, 0.717) is 18.3 Å². The molecule has 0 atom stereocenters. The lowest BCUT2D eigenvalue weighted by Gasteiger charge is -2.12. The van der Waals surface area contributed by atoms with Gasteiger partial charge in [0.2, 0.25) is 5.43 Å². The van der Waals surface area contributed by atoms with Crippen molar-refractivity contribution in [1.82, 2.24) is 14.8 Å². The molecule has 0 bridgehead atoms. The number of nitrogens with one attached hydrogen (secondary N) is 1. The van der Waals surface area contributed by atoms with E-state index in [1.54, 1.807) is 13.8 Å². The van der Waals surface area contributed by atoms with Gasteiger partial charge >= 0.3 is 6.18 Å². The van der Waals surface area contributed by atoms with Gasteiger partial charge in [-0.15, -0.1) is 0 Å². The smallest absolute Gasteiger partial charge is 0.419 e. The third-order valence-corrected chi connectivity index (χ3v) is 3.92. The molecule has 25 heavy (non-hydrogen) atoms. The molecule has 0 aliphatic carbocycles. The SMILES string of the molecule is CCn1nc(C)c2c(=O)c(O)c(-c3cccc(C(F)(F)F)c3F)[nH]c21. The van der Waals surface area contributed by atoms with Crippen molar-refractivity contribution in [2.24, 2.45) is 0 Å². The molecule has 2 N–H and O–H groups in total. The zero-order valence-corrected chi connectivity index (χ0v) is 13.2. The molecule has 2 aromatic heterocycles. The highest BCUT2D eigenvalue weighted by atomic mass is 19.4. The van der Waals surface area contributed by atoms with E-state index >= 15 is 0 Å². The van der Waals surface area contributed by atoms with Gasteiger partial charge in [-0.1, -0.05) is 6.07 Å². The predicted molar refractivity (Wildman–Crippen MR) is 82.8 cm³/mol. The summed E-state index contributed by atoms with van der Waals surface area (Å²) in [4.78, 5) is 15.1. The van der Waals surface area contributed by atoms with Gasteiger partial charge in [0.1, 0.15) is 11.5 Å². The molecule has 0 amide bonds. The van der Waals surface area contributed by atoms with Gasteiger partial charge < -0.3 is 10.1 Å². The minimum absolute atomic E-state index is 0.107. The van der Waals surface area contributed by atoms with Gasteiger partial charge in [0.15, 0.2) is 5.75 Å². The fraction of sp³-hybridized carbons (Fsp3) is 0.250. The van der Waals surface area contributed by atoms with E-state index in [9.17, 15) is 27.5 Å². The van der Waals surface area contributed by atoms with Crippen LogP contribution in [0.3, 0.4) is 0 Å². The number of hydrogen-bond acceptors (Lipinski definition) is 3. The number of hydrogen-bond donors (Lipinski definition) is 2. The summed E-state index contributed by atoms with van der Waals surface area (Å²) in [6.45, 7) is 3.69. The number of rotatable bonds is 2. The second-order valence-corrected chi connectivity index (χ2v) is 5.47. The molecule has 2 heterocycles. The zero-order valence-electron chi connectivity index (χ0n) is 13.2. The Kier molecular flexibility index (Phi) is 3.81. The van der Waals surface area contributed by atoms with Crippen molar-refractivity contribution in [1.29, 1.82) is 0 Å². The highest BCUT2D eigenvalue weighted by Gasteiger charge is 2.35. The van der Waals surface area contributed by atoms with E-state index in [1.165, 1.54) is 4.68 Å². The second kappa shape index (κ2) is 5.61. The first-order valence-corrected chi connectivity index (χ1v) is 7.35. The Labute approximate surface area is 138 Å². The van der Waals surface area contributed by atoms with Gasteiger partial charge in [0.25, 0.3) is 0 Å².